The maximum absolute atomic E-state index is 17.8. The van der Waals surface area contributed by atoms with E-state index in [1.165, 1.54) is 24.3 Å². The molecule has 2 aromatic carbocycles. The van der Waals surface area contributed by atoms with E-state index in [9.17, 15) is 14.3 Å². The number of aromatic nitrogens is 3. The van der Waals surface area contributed by atoms with Crippen LogP contribution in [-0.4, -0.2) is 79.9 Å². The summed E-state index contributed by atoms with van der Waals surface area (Å²) in [6.45, 7) is 12.9. The first kappa shape index (κ1) is 41.8. The summed E-state index contributed by atoms with van der Waals surface area (Å²) in [5.74, 6) is 1.32. The minimum atomic E-state index is -0.976. The summed E-state index contributed by atoms with van der Waals surface area (Å²) in [5, 5.41) is 12.0. The zero-order chi connectivity index (χ0) is 43.4. The highest BCUT2D eigenvalue weighted by Crippen LogP contribution is 2.47. The molecule has 5 atom stereocenters. The summed E-state index contributed by atoms with van der Waals surface area (Å²) < 4.78 is 65.6. The molecule has 9 rings (SSSR count). The van der Waals surface area contributed by atoms with Gasteiger partial charge in [-0.1, -0.05) is 58.6 Å². The minimum Gasteiger partial charge on any atom is -0.508 e. The first-order valence-electron chi connectivity index (χ1n) is 22.1. The molecule has 1 N–H and O–H groups in total. The van der Waals surface area contributed by atoms with Crippen LogP contribution in [0.25, 0.3) is 32.9 Å². The summed E-state index contributed by atoms with van der Waals surface area (Å²) >= 11 is 0. The average Bonchev–Trinajstić information content (AvgIpc) is 3.91. The number of alkyl halides is 1. The molecule has 11 nitrogen and oxygen atoms in total. The Hall–Kier alpha value is -5.55. The fourth-order valence-corrected chi connectivity index (χ4v) is 10.6. The number of benzene rings is 2. The molecule has 5 aromatic rings. The quantitative estimate of drug-likeness (QED) is 0.0955. The monoisotopic (exact) mass is 850 g/mol. The largest absolute Gasteiger partial charge is 0.519 e. The topological polar surface area (TPSA) is 121 Å². The molecule has 0 amide bonds. The number of hydrogen-bond donors (Lipinski definition) is 1. The number of halogens is 3. The van der Waals surface area contributed by atoms with Gasteiger partial charge in [0, 0.05) is 48.6 Å². The predicted molar refractivity (Wildman–Crippen MR) is 231 cm³/mol. The Morgan fingerprint density at radius 3 is 2.68 bits per heavy atom. The number of ether oxygens (including phenoxy) is 1. The molecule has 3 fully saturated rings. The molecular weight excluding hydrogens is 798 g/mol. The molecule has 7 heterocycles. The third-order valence-electron chi connectivity index (χ3n) is 13.8. The van der Waals surface area contributed by atoms with Crippen molar-refractivity contribution in [2.75, 3.05) is 31.1 Å². The van der Waals surface area contributed by atoms with Crippen molar-refractivity contribution in [2.45, 2.75) is 128 Å². The Balaban J connectivity index is 1.18. The van der Waals surface area contributed by atoms with Crippen molar-refractivity contribution in [3.63, 3.8) is 0 Å². The van der Waals surface area contributed by atoms with E-state index in [2.05, 4.69) is 41.0 Å². The summed E-state index contributed by atoms with van der Waals surface area (Å²) in [6.07, 6.45) is 13.5. The number of nitrogens with zero attached hydrogens (tertiary/aromatic N) is 6. The average molecular weight is 851 g/mol. The highest BCUT2D eigenvalue weighted by atomic mass is 19.1. The number of fused-ring (bicyclic) bond motifs is 4. The number of phenolic OH excluding ortho intramolecular Hbond substituents is 1. The Bertz CT molecular complexity index is 2660. The number of phenols is 1. The molecule has 0 saturated carbocycles. The van der Waals surface area contributed by atoms with Gasteiger partial charge in [-0.2, -0.15) is 9.97 Å². The Morgan fingerprint density at radius 1 is 1.06 bits per heavy atom. The molecule has 3 saturated heterocycles. The van der Waals surface area contributed by atoms with Crippen LogP contribution in [0.15, 0.2) is 50.2 Å². The number of aryl methyl sites for hydroxylation is 1. The Kier molecular flexibility index (Phi) is 11.2. The minimum absolute atomic E-state index is 0.0443. The molecule has 4 aliphatic heterocycles. The zero-order valence-electron chi connectivity index (χ0n) is 35.6. The maximum Gasteiger partial charge on any atom is 0.519 e. The second-order valence-electron chi connectivity index (χ2n) is 17.7. The molecule has 62 heavy (non-hydrogen) atoms. The van der Waals surface area contributed by atoms with Gasteiger partial charge in [0.1, 0.15) is 41.4 Å². The zero-order valence-corrected chi connectivity index (χ0v) is 35.6. The number of terminal acetylenes is 1. The molecule has 0 aliphatic carbocycles. The second-order valence-corrected chi connectivity index (χ2v) is 17.7. The second kappa shape index (κ2) is 16.6. The maximum atomic E-state index is 17.8. The lowest BCUT2D eigenvalue weighted by Crippen LogP contribution is -2.56. The van der Waals surface area contributed by atoms with Crippen LogP contribution in [-0.2, 0) is 13.0 Å². The number of pyridine rings is 1. The van der Waals surface area contributed by atoms with Crippen LogP contribution in [0.4, 0.5) is 19.0 Å². The van der Waals surface area contributed by atoms with Gasteiger partial charge in [-0.3, -0.25) is 4.90 Å². The Labute approximate surface area is 359 Å². The van der Waals surface area contributed by atoms with Gasteiger partial charge in [0.2, 0.25) is 0 Å². The standard InChI is InChI=1S/C48H53F3N6O5/c1-6-9-10-11-13-37-38(62-47(59)61-37)25-56-28(5)36-17-14-27(4)42-40-44(41(51)43(52-42)34-21-32(58)20-29-15-16-35(50)33(8-3)39(29)34)53-46(54-45(40)57(36)24-31(56)7-2)60-26-48-18-12-19-55(48)23-30(49)22-48/h3,15-16,20-21,27,30-31,36,58H,5-7,9-14,17-19,22-26H2,1-2,4H3/t27-,30-,31-,36-,48+/m1/s1. The summed E-state index contributed by atoms with van der Waals surface area (Å²) in [6, 6.07) is 5.04. The van der Waals surface area contributed by atoms with E-state index < -0.39 is 29.2 Å². The van der Waals surface area contributed by atoms with Crippen LogP contribution in [0, 0.1) is 24.0 Å². The number of piperazine rings is 1. The van der Waals surface area contributed by atoms with Crippen LogP contribution in [0.3, 0.4) is 0 Å². The number of aromatic hydroxyl groups is 1. The SMILES string of the molecule is C#Cc1c(F)ccc2cc(O)cc(-c3nc4c5c(nc(OC[C@@]67CCCN6C[C@H](F)C7)nc5c3F)N3C[C@@H](CC)N(Cc5oc(=O)oc5CCCCCC)C(=C)[C@H]3CC[C@H]4C)c12. The van der Waals surface area contributed by atoms with Gasteiger partial charge >= 0.3 is 11.8 Å². The number of anilines is 1. The smallest absolute Gasteiger partial charge is 0.508 e. The van der Waals surface area contributed by atoms with Gasteiger partial charge < -0.3 is 28.5 Å². The van der Waals surface area contributed by atoms with Crippen molar-refractivity contribution in [3.05, 3.63) is 81.6 Å². The van der Waals surface area contributed by atoms with Crippen LogP contribution in [0.5, 0.6) is 11.8 Å². The molecular formula is C48H53F3N6O5. The molecule has 326 valence electrons. The van der Waals surface area contributed by atoms with Crippen molar-refractivity contribution in [3.8, 4) is 35.4 Å². The fraction of sp³-hybridized carbons (Fsp3) is 0.500. The Morgan fingerprint density at radius 2 is 1.89 bits per heavy atom. The molecule has 0 spiro atoms. The number of hydrogen-bond acceptors (Lipinski definition) is 11. The summed E-state index contributed by atoms with van der Waals surface area (Å²) in [5.41, 5.74) is 0.687. The highest BCUT2D eigenvalue weighted by Gasteiger charge is 2.50. The van der Waals surface area contributed by atoms with Crippen LogP contribution < -0.4 is 15.5 Å². The molecule has 0 radical (unpaired) electrons. The summed E-state index contributed by atoms with van der Waals surface area (Å²) in [7, 11) is 0. The van der Waals surface area contributed by atoms with Crippen molar-refractivity contribution in [2.24, 2.45) is 0 Å². The number of unbranched alkanes of at least 4 members (excludes halogenated alkanes) is 3. The van der Waals surface area contributed by atoms with Gasteiger partial charge in [-0.15, -0.1) is 6.42 Å². The van der Waals surface area contributed by atoms with E-state index in [1.807, 2.05) is 6.92 Å². The highest BCUT2D eigenvalue weighted by molar-refractivity contribution is 6.03. The third kappa shape index (κ3) is 7.25. The van der Waals surface area contributed by atoms with Crippen molar-refractivity contribution >= 4 is 27.5 Å². The third-order valence-corrected chi connectivity index (χ3v) is 13.8. The predicted octanol–water partition coefficient (Wildman–Crippen LogP) is 9.31. The first-order valence-corrected chi connectivity index (χ1v) is 22.1. The van der Waals surface area contributed by atoms with Crippen molar-refractivity contribution in [1.29, 1.82) is 0 Å². The van der Waals surface area contributed by atoms with Gasteiger partial charge in [-0.25, -0.2) is 22.9 Å². The fourth-order valence-electron chi connectivity index (χ4n) is 10.6. The van der Waals surface area contributed by atoms with Gasteiger partial charge in [-0.05, 0) is 74.6 Å². The molecule has 4 aliphatic rings. The van der Waals surface area contributed by atoms with Gasteiger partial charge in [0.25, 0.3) is 0 Å². The molecule has 14 heteroatoms. The van der Waals surface area contributed by atoms with E-state index in [0.717, 1.165) is 50.8 Å². The van der Waals surface area contributed by atoms with Gasteiger partial charge in [0.15, 0.2) is 17.3 Å². The lowest BCUT2D eigenvalue weighted by atomic mass is 9.88. The van der Waals surface area contributed by atoms with Crippen LogP contribution in [0.2, 0.25) is 0 Å². The number of rotatable bonds is 12. The van der Waals surface area contributed by atoms with E-state index >= 15 is 8.78 Å². The molecule has 0 bridgehead atoms. The van der Waals surface area contributed by atoms with Crippen molar-refractivity contribution in [1.82, 2.24) is 24.8 Å². The van der Waals surface area contributed by atoms with E-state index in [4.69, 9.17) is 34.9 Å². The molecule has 3 aromatic heterocycles. The molecule has 0 unspecified atom stereocenters. The van der Waals surface area contributed by atoms with E-state index in [-0.39, 0.29) is 64.1 Å². The normalized spacial score (nSPS) is 23.7. The van der Waals surface area contributed by atoms with Crippen LogP contribution in [0.1, 0.15) is 114 Å². The summed E-state index contributed by atoms with van der Waals surface area (Å²) in [4.78, 5) is 33.9. The van der Waals surface area contributed by atoms with E-state index in [0.29, 0.717) is 85.5 Å². The van der Waals surface area contributed by atoms with Crippen LogP contribution >= 0.6 is 0 Å². The van der Waals surface area contributed by atoms with Gasteiger partial charge in [0.05, 0.1) is 34.8 Å². The lowest BCUT2D eigenvalue weighted by Gasteiger charge is -2.50. The van der Waals surface area contributed by atoms with Crippen molar-refractivity contribution < 1.29 is 31.8 Å². The van der Waals surface area contributed by atoms with E-state index in [1.54, 1.807) is 0 Å². The first-order chi connectivity index (χ1) is 29.9. The lowest BCUT2D eigenvalue weighted by molar-refractivity contribution is 0.107.